The van der Waals surface area contributed by atoms with Gasteiger partial charge in [0.15, 0.2) is 0 Å². The highest BCUT2D eigenvalue weighted by Gasteiger charge is 2.31. The van der Waals surface area contributed by atoms with Gasteiger partial charge in [0.25, 0.3) is 5.91 Å². The third-order valence-corrected chi connectivity index (χ3v) is 7.55. The molecule has 0 fully saturated rings. The number of benzene rings is 2. The lowest BCUT2D eigenvalue weighted by Gasteiger charge is -2.36. The van der Waals surface area contributed by atoms with Crippen molar-refractivity contribution in [3.8, 4) is 5.75 Å². The molecular weight excluding hydrogens is 562 g/mol. The second-order valence-corrected chi connectivity index (χ2v) is 11.9. The van der Waals surface area contributed by atoms with Crippen LogP contribution < -0.4 is 20.7 Å². The molecule has 5 amide bonds. The van der Waals surface area contributed by atoms with Gasteiger partial charge < -0.3 is 40.3 Å². The Morgan fingerprint density at radius 2 is 1.75 bits per heavy atom. The van der Waals surface area contributed by atoms with Gasteiger partial charge in [0.05, 0.1) is 30.4 Å². The predicted molar refractivity (Wildman–Crippen MR) is 172 cm³/mol. The topological polar surface area (TPSA) is 132 Å². The van der Waals surface area contributed by atoms with E-state index in [2.05, 4.69) is 16.0 Å². The molecule has 1 heterocycles. The van der Waals surface area contributed by atoms with Crippen molar-refractivity contribution in [2.75, 3.05) is 44.0 Å². The van der Waals surface area contributed by atoms with Gasteiger partial charge in [-0.1, -0.05) is 25.1 Å². The Hall–Kier alpha value is -3.83. The van der Waals surface area contributed by atoms with Crippen molar-refractivity contribution >= 4 is 29.3 Å². The summed E-state index contributed by atoms with van der Waals surface area (Å²) in [7, 11) is 1.73. The number of amides is 5. The van der Waals surface area contributed by atoms with Gasteiger partial charge in [0.1, 0.15) is 5.75 Å². The van der Waals surface area contributed by atoms with Gasteiger partial charge in [-0.3, -0.25) is 4.79 Å². The molecule has 44 heavy (non-hydrogen) atoms. The van der Waals surface area contributed by atoms with Crippen molar-refractivity contribution in [1.82, 2.24) is 15.1 Å². The predicted octanol–water partition coefficient (Wildman–Crippen LogP) is 5.18. The van der Waals surface area contributed by atoms with Crippen molar-refractivity contribution in [3.05, 3.63) is 54.1 Å². The summed E-state index contributed by atoms with van der Waals surface area (Å²) in [4.78, 5) is 42.8. The van der Waals surface area contributed by atoms with Crippen molar-refractivity contribution in [2.24, 2.45) is 5.92 Å². The number of rotatable bonds is 7. The van der Waals surface area contributed by atoms with Crippen molar-refractivity contribution in [3.63, 3.8) is 0 Å². The first kappa shape index (κ1) is 34.7. The van der Waals surface area contributed by atoms with Gasteiger partial charge in [-0.2, -0.15) is 0 Å². The third kappa shape index (κ3) is 10.4. The zero-order chi connectivity index (χ0) is 32.2. The lowest BCUT2D eigenvalue weighted by Crippen LogP contribution is -2.49. The maximum absolute atomic E-state index is 14.2. The summed E-state index contributed by atoms with van der Waals surface area (Å²) in [5, 5.41) is 18.6. The maximum Gasteiger partial charge on any atom is 0.323 e. The molecule has 0 saturated heterocycles. The number of nitrogens with one attached hydrogen (secondary N) is 3. The van der Waals surface area contributed by atoms with E-state index in [0.29, 0.717) is 30.3 Å². The molecule has 4 atom stereocenters. The molecule has 0 saturated carbocycles. The molecule has 11 nitrogen and oxygen atoms in total. The van der Waals surface area contributed by atoms with E-state index in [1.165, 1.54) is 0 Å². The SMILES string of the molecule is CC(C)NC(=O)N(C)C[C@H]1OCCCC[C@H](C)Oc2ccc(NC(=O)Nc3ccccc3)cc2C(=O)N([C@H](C)CO)C[C@@H]1C. The Balaban J connectivity index is 1.91. The van der Waals surface area contributed by atoms with E-state index in [-0.39, 0.29) is 54.8 Å². The average Bonchev–Trinajstić information content (AvgIpc) is 2.98. The van der Waals surface area contributed by atoms with Gasteiger partial charge in [0, 0.05) is 50.1 Å². The first-order valence-electron chi connectivity index (χ1n) is 15.5. The van der Waals surface area contributed by atoms with Crippen LogP contribution in [0.5, 0.6) is 5.75 Å². The minimum atomic E-state index is -0.510. The average molecular weight is 612 g/mol. The second-order valence-electron chi connectivity index (χ2n) is 11.9. The van der Waals surface area contributed by atoms with E-state index in [1.807, 2.05) is 45.9 Å². The van der Waals surface area contributed by atoms with E-state index in [4.69, 9.17) is 9.47 Å². The monoisotopic (exact) mass is 611 g/mol. The first-order valence-corrected chi connectivity index (χ1v) is 15.5. The van der Waals surface area contributed by atoms with Crippen LogP contribution in [0, 0.1) is 5.92 Å². The fourth-order valence-electron chi connectivity index (χ4n) is 4.99. The molecule has 0 aromatic heterocycles. The standard InChI is InChI=1S/C33H49N5O6/c1-22(2)34-33(42)37(6)20-30-23(3)19-38(24(4)21-39)31(40)28-18-27(36-32(41)35-26-13-8-7-9-14-26)15-16-29(28)44-25(5)12-10-11-17-43-30/h7-9,13-16,18,22-25,30,39H,10-12,17,19-21H2,1-6H3,(H,34,42)(H2,35,36,41)/t23-,24+,25-,30+/m0/s1. The van der Waals surface area contributed by atoms with Gasteiger partial charge in [-0.25, -0.2) is 9.59 Å². The fourth-order valence-corrected chi connectivity index (χ4v) is 4.99. The second kappa shape index (κ2) is 16.9. The highest BCUT2D eigenvalue weighted by atomic mass is 16.5. The van der Waals surface area contributed by atoms with Gasteiger partial charge in [0.2, 0.25) is 0 Å². The van der Waals surface area contributed by atoms with E-state index in [9.17, 15) is 19.5 Å². The molecular formula is C33H49N5O6. The summed E-state index contributed by atoms with van der Waals surface area (Å²) in [5.41, 5.74) is 1.34. The van der Waals surface area contributed by atoms with Crippen LogP contribution in [0.4, 0.5) is 21.0 Å². The number of anilines is 2. The van der Waals surface area contributed by atoms with Crippen molar-refractivity contribution < 1.29 is 29.0 Å². The summed E-state index contributed by atoms with van der Waals surface area (Å²) in [5.74, 6) is -0.102. The number of urea groups is 2. The van der Waals surface area contributed by atoms with Crippen LogP contribution in [0.3, 0.4) is 0 Å². The Morgan fingerprint density at radius 1 is 1.05 bits per heavy atom. The number of ether oxygens (including phenoxy) is 2. The lowest BCUT2D eigenvalue weighted by molar-refractivity contribution is -0.0122. The number of aliphatic hydroxyl groups excluding tert-OH is 1. The molecule has 2 aromatic rings. The number of hydrogen-bond donors (Lipinski definition) is 4. The molecule has 0 bridgehead atoms. The zero-order valence-corrected chi connectivity index (χ0v) is 26.8. The lowest BCUT2D eigenvalue weighted by atomic mass is 10.0. The zero-order valence-electron chi connectivity index (χ0n) is 26.8. The number of carbonyl (C=O) groups is 3. The van der Waals surface area contributed by atoms with Gasteiger partial charge in [-0.15, -0.1) is 0 Å². The van der Waals surface area contributed by atoms with E-state index < -0.39 is 12.1 Å². The first-order chi connectivity index (χ1) is 21.0. The minimum Gasteiger partial charge on any atom is -0.490 e. The maximum atomic E-state index is 14.2. The Kier molecular flexibility index (Phi) is 13.3. The molecule has 0 aliphatic carbocycles. The highest BCUT2D eigenvalue weighted by molar-refractivity contribution is 6.02. The van der Waals surface area contributed by atoms with Crippen LogP contribution in [0.25, 0.3) is 0 Å². The molecule has 0 spiro atoms. The smallest absolute Gasteiger partial charge is 0.323 e. The molecule has 4 N–H and O–H groups in total. The number of aliphatic hydroxyl groups is 1. The molecule has 0 radical (unpaired) electrons. The molecule has 3 rings (SSSR count). The molecule has 1 aliphatic heterocycles. The number of carbonyl (C=O) groups excluding carboxylic acids is 3. The molecule has 0 unspecified atom stereocenters. The van der Waals surface area contributed by atoms with Crippen LogP contribution in [-0.2, 0) is 4.74 Å². The fraction of sp³-hybridized carbons (Fsp3) is 0.545. The molecule has 242 valence electrons. The Bertz CT molecular complexity index is 1230. The van der Waals surface area contributed by atoms with Crippen LogP contribution in [0.2, 0.25) is 0 Å². The summed E-state index contributed by atoms with van der Waals surface area (Å²) in [6.07, 6.45) is 1.92. The summed E-state index contributed by atoms with van der Waals surface area (Å²) in [6.45, 7) is 10.4. The van der Waals surface area contributed by atoms with E-state index in [1.54, 1.807) is 54.1 Å². The van der Waals surface area contributed by atoms with Crippen LogP contribution >= 0.6 is 0 Å². The molecule has 2 aromatic carbocycles. The molecule has 11 heteroatoms. The molecule has 1 aliphatic rings. The summed E-state index contributed by atoms with van der Waals surface area (Å²) >= 11 is 0. The summed E-state index contributed by atoms with van der Waals surface area (Å²) < 4.78 is 12.6. The van der Waals surface area contributed by atoms with E-state index >= 15 is 0 Å². The Morgan fingerprint density at radius 3 is 2.43 bits per heavy atom. The van der Waals surface area contributed by atoms with Gasteiger partial charge in [-0.05, 0) is 77.3 Å². The number of hydrogen-bond acceptors (Lipinski definition) is 6. The largest absolute Gasteiger partial charge is 0.490 e. The van der Waals surface area contributed by atoms with Crippen LogP contribution in [0.1, 0.15) is 64.2 Å². The van der Waals surface area contributed by atoms with Crippen molar-refractivity contribution in [2.45, 2.75) is 78.2 Å². The number of likely N-dealkylation sites (N-methyl/N-ethyl adjacent to an activating group) is 1. The normalized spacial score (nSPS) is 20.5. The van der Waals surface area contributed by atoms with Crippen LogP contribution in [0.15, 0.2) is 48.5 Å². The minimum absolute atomic E-state index is 0.00104. The quantitative estimate of drug-likeness (QED) is 0.341. The Labute approximate surface area is 261 Å². The number of para-hydroxylation sites is 1. The van der Waals surface area contributed by atoms with Gasteiger partial charge >= 0.3 is 12.1 Å². The summed E-state index contributed by atoms with van der Waals surface area (Å²) in [6, 6.07) is 12.9. The van der Waals surface area contributed by atoms with Crippen molar-refractivity contribution in [1.29, 1.82) is 0 Å². The van der Waals surface area contributed by atoms with Crippen LogP contribution in [-0.4, -0.2) is 90.5 Å². The number of nitrogens with zero attached hydrogens (tertiary/aromatic N) is 2. The number of fused-ring (bicyclic) bond motifs is 1. The third-order valence-electron chi connectivity index (χ3n) is 7.55. The highest BCUT2D eigenvalue weighted by Crippen LogP contribution is 2.28. The van der Waals surface area contributed by atoms with E-state index in [0.717, 1.165) is 19.3 Å².